The van der Waals surface area contributed by atoms with Crippen LogP contribution in [0.15, 0.2) is 5.10 Å². The van der Waals surface area contributed by atoms with Gasteiger partial charge < -0.3 is 4.74 Å². The Balaban J connectivity index is 1.79. The van der Waals surface area contributed by atoms with Crippen molar-refractivity contribution in [2.75, 3.05) is 37.8 Å². The minimum Gasteiger partial charge on any atom is -0.378 e. The minimum atomic E-state index is -2.91. The Morgan fingerprint density at radius 1 is 1.32 bits per heavy atom. The van der Waals surface area contributed by atoms with E-state index in [2.05, 4.69) is 10.2 Å². The van der Waals surface area contributed by atoms with Crippen LogP contribution < -0.4 is 0 Å². The highest BCUT2D eigenvalue weighted by atomic mass is 32.2. The average molecular weight is 326 g/mol. The van der Waals surface area contributed by atoms with E-state index in [0.717, 1.165) is 30.0 Å². The lowest BCUT2D eigenvalue weighted by molar-refractivity contribution is 0.0397. The van der Waals surface area contributed by atoms with Gasteiger partial charge in [0.15, 0.2) is 9.84 Å². The molecule has 122 valence electrons. The molecule has 2 saturated heterocycles. The van der Waals surface area contributed by atoms with E-state index in [1.54, 1.807) is 0 Å². The van der Waals surface area contributed by atoms with Gasteiger partial charge in [-0.2, -0.15) is 10.2 Å². The zero-order valence-corrected chi connectivity index (χ0v) is 13.8. The van der Waals surface area contributed by atoms with Gasteiger partial charge in [0.25, 0.3) is 0 Å². The van der Waals surface area contributed by atoms with Crippen molar-refractivity contribution in [3.05, 3.63) is 17.0 Å². The van der Waals surface area contributed by atoms with Crippen LogP contribution in [0.2, 0.25) is 0 Å². The van der Waals surface area contributed by atoms with Crippen molar-refractivity contribution >= 4 is 16.1 Å². The van der Waals surface area contributed by atoms with Crippen LogP contribution in [0.25, 0.3) is 0 Å². The SMILES string of the molecule is Cc1nn([C@H]2CCS(=O)(=O)C2)c(C)c1/C=N\N1CCOCC1. The fraction of sp³-hybridized carbons (Fsp3) is 0.714. The first kappa shape index (κ1) is 15.5. The number of aryl methyl sites for hydroxylation is 1. The van der Waals surface area contributed by atoms with Crippen molar-refractivity contribution in [1.29, 1.82) is 0 Å². The summed E-state index contributed by atoms with van der Waals surface area (Å²) in [5.41, 5.74) is 2.85. The molecule has 3 rings (SSSR count). The maximum Gasteiger partial charge on any atom is 0.152 e. The highest BCUT2D eigenvalue weighted by Crippen LogP contribution is 2.26. The monoisotopic (exact) mass is 326 g/mol. The Bertz CT molecular complexity index is 675. The van der Waals surface area contributed by atoms with Gasteiger partial charge in [0.05, 0.1) is 55.8 Å². The smallest absolute Gasteiger partial charge is 0.152 e. The zero-order chi connectivity index (χ0) is 15.7. The van der Waals surface area contributed by atoms with Crippen LogP contribution >= 0.6 is 0 Å². The molecule has 0 radical (unpaired) electrons. The third-order valence-corrected chi connectivity index (χ3v) is 6.02. The lowest BCUT2D eigenvalue weighted by Gasteiger charge is -2.23. The summed E-state index contributed by atoms with van der Waals surface area (Å²) in [6.45, 7) is 6.91. The van der Waals surface area contributed by atoms with Crippen molar-refractivity contribution < 1.29 is 13.2 Å². The van der Waals surface area contributed by atoms with Gasteiger partial charge in [0, 0.05) is 11.3 Å². The van der Waals surface area contributed by atoms with E-state index in [9.17, 15) is 8.42 Å². The summed E-state index contributed by atoms with van der Waals surface area (Å²) in [5, 5.41) is 11.0. The second kappa shape index (κ2) is 6.00. The Hall–Kier alpha value is -1.41. The molecular weight excluding hydrogens is 304 g/mol. The van der Waals surface area contributed by atoms with Gasteiger partial charge in [-0.25, -0.2) is 8.42 Å². The van der Waals surface area contributed by atoms with E-state index in [1.807, 2.05) is 29.8 Å². The molecule has 0 aromatic carbocycles. The molecular formula is C14H22N4O3S. The second-order valence-electron chi connectivity index (χ2n) is 5.90. The summed E-state index contributed by atoms with van der Waals surface area (Å²) in [4.78, 5) is 0. The lowest BCUT2D eigenvalue weighted by atomic mass is 10.2. The fourth-order valence-corrected chi connectivity index (χ4v) is 4.69. The molecule has 0 amide bonds. The molecule has 0 aliphatic carbocycles. The Morgan fingerprint density at radius 2 is 2.05 bits per heavy atom. The summed E-state index contributed by atoms with van der Waals surface area (Å²) >= 11 is 0. The van der Waals surface area contributed by atoms with Crippen LogP contribution in [-0.4, -0.2) is 67.2 Å². The lowest BCUT2D eigenvalue weighted by Crippen LogP contribution is -2.32. The molecule has 7 nitrogen and oxygen atoms in total. The van der Waals surface area contributed by atoms with Crippen molar-refractivity contribution in [3.63, 3.8) is 0 Å². The molecule has 22 heavy (non-hydrogen) atoms. The third kappa shape index (κ3) is 3.17. The zero-order valence-electron chi connectivity index (χ0n) is 13.0. The van der Waals surface area contributed by atoms with Gasteiger partial charge in [-0.15, -0.1) is 0 Å². The highest BCUT2D eigenvalue weighted by molar-refractivity contribution is 7.91. The maximum atomic E-state index is 11.7. The predicted octanol–water partition coefficient (Wildman–Crippen LogP) is 0.526. The van der Waals surface area contributed by atoms with Crippen molar-refractivity contribution in [1.82, 2.24) is 14.8 Å². The van der Waals surface area contributed by atoms with Gasteiger partial charge >= 0.3 is 0 Å². The molecule has 1 aromatic rings. The summed E-state index contributed by atoms with van der Waals surface area (Å²) in [6.07, 6.45) is 2.48. The Labute approximate surface area is 130 Å². The summed E-state index contributed by atoms with van der Waals surface area (Å²) in [7, 11) is -2.91. The van der Waals surface area contributed by atoms with Gasteiger partial charge in [-0.3, -0.25) is 9.69 Å². The molecule has 2 fully saturated rings. The number of ether oxygens (including phenoxy) is 1. The number of hydrazone groups is 1. The van der Waals surface area contributed by atoms with E-state index in [1.165, 1.54) is 0 Å². The maximum absolute atomic E-state index is 11.7. The predicted molar refractivity (Wildman–Crippen MR) is 84.0 cm³/mol. The normalized spacial score (nSPS) is 25.2. The topological polar surface area (TPSA) is 76.8 Å². The van der Waals surface area contributed by atoms with Crippen LogP contribution in [0, 0.1) is 13.8 Å². The van der Waals surface area contributed by atoms with Gasteiger partial charge in [-0.05, 0) is 20.3 Å². The Kier molecular flexibility index (Phi) is 4.22. The van der Waals surface area contributed by atoms with Crippen LogP contribution in [0.5, 0.6) is 0 Å². The van der Waals surface area contributed by atoms with Crippen LogP contribution in [0.3, 0.4) is 0 Å². The average Bonchev–Trinajstić information content (AvgIpc) is 2.98. The van der Waals surface area contributed by atoms with Crippen molar-refractivity contribution in [2.45, 2.75) is 26.3 Å². The molecule has 2 aliphatic rings. The number of morpholine rings is 1. The molecule has 8 heteroatoms. The van der Waals surface area contributed by atoms with Crippen molar-refractivity contribution in [2.24, 2.45) is 5.10 Å². The summed E-state index contributed by atoms with van der Waals surface area (Å²) < 4.78 is 30.5. The number of aromatic nitrogens is 2. The number of hydrogen-bond donors (Lipinski definition) is 0. The molecule has 1 atom stereocenters. The number of hydrogen-bond acceptors (Lipinski definition) is 6. The van der Waals surface area contributed by atoms with Gasteiger partial charge in [-0.1, -0.05) is 0 Å². The fourth-order valence-electron chi connectivity index (χ4n) is 2.99. The second-order valence-corrected chi connectivity index (χ2v) is 8.13. The standard InChI is InChI=1S/C14H22N4O3S/c1-11-14(9-15-17-4-6-21-7-5-17)12(2)18(16-11)13-3-8-22(19,20)10-13/h9,13H,3-8,10H2,1-2H3/b15-9-/t13-/m0/s1. The van der Waals surface area contributed by atoms with Crippen LogP contribution in [0.4, 0.5) is 0 Å². The third-order valence-electron chi connectivity index (χ3n) is 4.27. The Morgan fingerprint density at radius 3 is 2.68 bits per heavy atom. The molecule has 0 N–H and O–H groups in total. The molecule has 0 saturated carbocycles. The first-order valence-corrected chi connectivity index (χ1v) is 9.41. The molecule has 0 bridgehead atoms. The van der Waals surface area contributed by atoms with E-state index in [-0.39, 0.29) is 17.5 Å². The number of sulfone groups is 1. The molecule has 3 heterocycles. The first-order valence-electron chi connectivity index (χ1n) is 7.59. The van der Waals surface area contributed by atoms with Gasteiger partial charge in [0.1, 0.15) is 0 Å². The van der Waals surface area contributed by atoms with E-state index in [4.69, 9.17) is 4.74 Å². The van der Waals surface area contributed by atoms with Crippen LogP contribution in [0.1, 0.15) is 29.4 Å². The van der Waals surface area contributed by atoms with Crippen molar-refractivity contribution in [3.8, 4) is 0 Å². The van der Waals surface area contributed by atoms with E-state index in [0.29, 0.717) is 19.6 Å². The van der Waals surface area contributed by atoms with Crippen LogP contribution in [-0.2, 0) is 14.6 Å². The number of nitrogens with zero attached hydrogens (tertiary/aromatic N) is 4. The first-order chi connectivity index (χ1) is 10.5. The highest BCUT2D eigenvalue weighted by Gasteiger charge is 2.31. The molecule has 0 spiro atoms. The summed E-state index contributed by atoms with van der Waals surface area (Å²) in [5.74, 6) is 0.447. The molecule has 0 unspecified atom stereocenters. The number of rotatable bonds is 3. The molecule has 2 aliphatic heterocycles. The van der Waals surface area contributed by atoms with Gasteiger partial charge in [0.2, 0.25) is 0 Å². The van der Waals surface area contributed by atoms with E-state index < -0.39 is 9.84 Å². The minimum absolute atomic E-state index is 0.0470. The molecule has 1 aromatic heterocycles. The quantitative estimate of drug-likeness (QED) is 0.757. The summed E-state index contributed by atoms with van der Waals surface area (Å²) in [6, 6.07) is -0.0470. The van der Waals surface area contributed by atoms with E-state index >= 15 is 0 Å². The largest absolute Gasteiger partial charge is 0.378 e.